The van der Waals surface area contributed by atoms with E-state index in [0.29, 0.717) is 7.25 Å². The Hall–Kier alpha value is -2.02. The topological polar surface area (TPSA) is 0 Å². The molecule has 0 bridgehead atoms. The molecule has 2 unspecified atom stereocenters. The molecule has 0 saturated heterocycles. The summed E-state index contributed by atoms with van der Waals surface area (Å²) in [7, 11) is 0. The Labute approximate surface area is 211 Å². The fraction of sp³-hybridized carbons (Fsp3) is 0.250. The van der Waals surface area contributed by atoms with Gasteiger partial charge in [-0.2, -0.15) is 0 Å². The summed E-state index contributed by atoms with van der Waals surface area (Å²) in [5, 5.41) is 5.65. The average molecular weight is 536 g/mol. The van der Waals surface area contributed by atoms with Crippen molar-refractivity contribution in [2.24, 2.45) is 0 Å². The molecule has 2 heteroatoms. The summed E-state index contributed by atoms with van der Waals surface area (Å²) in [5.41, 5.74) is 9.40. The van der Waals surface area contributed by atoms with Crippen LogP contribution < -0.4 is 0 Å². The third-order valence-electron chi connectivity index (χ3n) is 8.05. The summed E-state index contributed by atoms with van der Waals surface area (Å²) in [4.78, 5) is 0. The molecule has 0 spiro atoms. The molecule has 2 atom stereocenters. The molecule has 0 saturated carbocycles. The van der Waals surface area contributed by atoms with E-state index < -0.39 is 25.8 Å². The molecule has 0 N–H and O–H groups in total. The average Bonchev–Trinajstić information content (AvgIpc) is 3.43. The molecular weight excluding hydrogens is 504 g/mol. The molecule has 0 fully saturated rings. The summed E-state index contributed by atoms with van der Waals surface area (Å²) in [6.07, 6.45) is 7.54. The van der Waals surface area contributed by atoms with Gasteiger partial charge in [0.05, 0.1) is 0 Å². The zero-order valence-electron chi connectivity index (χ0n) is 20.7. The van der Waals surface area contributed by atoms with Gasteiger partial charge < -0.3 is 0 Å². The minimum absolute atomic E-state index is 0.397. The van der Waals surface area contributed by atoms with E-state index in [-0.39, 0.29) is 0 Å². The number of fused-ring (bicyclic) bond motifs is 6. The van der Waals surface area contributed by atoms with Crippen molar-refractivity contribution < 1.29 is 20.4 Å². The molecule has 6 rings (SSSR count). The van der Waals surface area contributed by atoms with E-state index in [0.717, 1.165) is 0 Å². The van der Waals surface area contributed by atoms with E-state index in [1.807, 2.05) is 0 Å². The van der Waals surface area contributed by atoms with Crippen LogP contribution >= 0.6 is 0 Å². The van der Waals surface area contributed by atoms with Gasteiger partial charge in [-0.25, -0.2) is 0 Å². The van der Waals surface area contributed by atoms with Crippen molar-refractivity contribution in [2.45, 2.75) is 47.0 Å². The maximum absolute atomic E-state index is 2.64. The van der Waals surface area contributed by atoms with Crippen molar-refractivity contribution in [3.8, 4) is 0 Å². The number of allylic oxidation sites excluding steroid dienone is 2. The zero-order chi connectivity index (χ0) is 23.4. The number of rotatable bonds is 4. The van der Waals surface area contributed by atoms with Crippen LogP contribution in [0.1, 0.15) is 56.2 Å². The van der Waals surface area contributed by atoms with E-state index >= 15 is 0 Å². The number of hydrogen-bond donors (Lipinski definition) is 0. The fourth-order valence-electron chi connectivity index (χ4n) is 6.48. The second-order valence-corrected chi connectivity index (χ2v) is 27.9. The van der Waals surface area contributed by atoms with Gasteiger partial charge in [0, 0.05) is 0 Å². The van der Waals surface area contributed by atoms with E-state index in [4.69, 9.17) is 0 Å². The molecule has 0 aromatic heterocycles. The van der Waals surface area contributed by atoms with Crippen LogP contribution in [0.4, 0.5) is 0 Å². The Morgan fingerprint density at radius 2 is 1.06 bits per heavy atom. The van der Waals surface area contributed by atoms with Gasteiger partial charge in [0.15, 0.2) is 0 Å². The predicted molar refractivity (Wildman–Crippen MR) is 147 cm³/mol. The van der Waals surface area contributed by atoms with Gasteiger partial charge >= 0.3 is 213 Å². The molecule has 4 aromatic carbocycles. The molecule has 0 amide bonds. The van der Waals surface area contributed by atoms with E-state index in [1.54, 1.807) is 22.3 Å². The summed E-state index contributed by atoms with van der Waals surface area (Å²) in [5.74, 6) is 0. The van der Waals surface area contributed by atoms with Gasteiger partial charge in [-0.15, -0.1) is 0 Å². The van der Waals surface area contributed by atoms with Gasteiger partial charge in [0.2, 0.25) is 0 Å². The zero-order valence-corrected chi connectivity index (χ0v) is 24.1. The summed E-state index contributed by atoms with van der Waals surface area (Å²) < 4.78 is 1.43. The third kappa shape index (κ3) is 3.41. The van der Waals surface area contributed by atoms with Gasteiger partial charge in [0.1, 0.15) is 0 Å². The van der Waals surface area contributed by atoms with Crippen molar-refractivity contribution in [1.82, 2.24) is 0 Å². The van der Waals surface area contributed by atoms with Crippen molar-refractivity contribution in [1.29, 1.82) is 0 Å². The van der Waals surface area contributed by atoms with Gasteiger partial charge in [-0.05, 0) is 0 Å². The molecule has 0 heterocycles. The molecule has 0 nitrogen and oxygen atoms in total. The molecule has 0 aliphatic heterocycles. The molecular formula is C32H32SiZr. The van der Waals surface area contributed by atoms with Crippen molar-refractivity contribution in [3.05, 3.63) is 106 Å². The Morgan fingerprint density at radius 1 is 0.618 bits per heavy atom. The van der Waals surface area contributed by atoms with Crippen LogP contribution in [-0.2, 0) is 20.4 Å². The number of benzene rings is 4. The van der Waals surface area contributed by atoms with E-state index in [1.165, 1.54) is 45.5 Å². The Bertz CT molecular complexity index is 1440. The fourth-order valence-corrected chi connectivity index (χ4v) is 27.3. The molecule has 4 aromatic rings. The van der Waals surface area contributed by atoms with Crippen LogP contribution in [-0.4, -0.2) is 5.43 Å². The minimum atomic E-state index is -2.01. The van der Waals surface area contributed by atoms with Crippen LogP contribution in [0, 0.1) is 0 Å². The van der Waals surface area contributed by atoms with Crippen LogP contribution in [0.5, 0.6) is 0 Å². The summed E-state index contributed by atoms with van der Waals surface area (Å²) >= 11 is -2.01. The molecule has 34 heavy (non-hydrogen) atoms. The van der Waals surface area contributed by atoms with Gasteiger partial charge in [-0.3, -0.25) is 0 Å². The van der Waals surface area contributed by atoms with Crippen LogP contribution in [0.2, 0.25) is 13.1 Å². The first-order chi connectivity index (χ1) is 16.6. The summed E-state index contributed by atoms with van der Waals surface area (Å²) in [6.45, 7) is 10.0. The molecule has 0 radical (unpaired) electrons. The van der Waals surface area contributed by atoms with Crippen LogP contribution in [0.25, 0.3) is 33.7 Å². The van der Waals surface area contributed by atoms with Crippen LogP contribution in [0.3, 0.4) is 0 Å². The maximum atomic E-state index is 2.64. The van der Waals surface area contributed by atoms with Gasteiger partial charge in [-0.1, -0.05) is 0 Å². The monoisotopic (exact) mass is 534 g/mol. The molecule has 2 aliphatic rings. The molecule has 2 aliphatic carbocycles. The Kier molecular flexibility index (Phi) is 5.87. The third-order valence-corrected chi connectivity index (χ3v) is 27.5. The van der Waals surface area contributed by atoms with Crippen molar-refractivity contribution in [2.75, 3.05) is 0 Å². The van der Waals surface area contributed by atoms with Gasteiger partial charge in [0.25, 0.3) is 0 Å². The molecule has 168 valence electrons. The van der Waals surface area contributed by atoms with Crippen molar-refractivity contribution >= 4 is 39.1 Å². The second-order valence-electron chi connectivity index (χ2n) is 10.0. The first kappa shape index (κ1) is 22.4. The van der Waals surface area contributed by atoms with Crippen LogP contribution in [0.15, 0.2) is 83.9 Å². The Morgan fingerprint density at radius 3 is 1.47 bits per heavy atom. The first-order valence-corrected chi connectivity index (χ1v) is 21.8. The predicted octanol–water partition coefficient (Wildman–Crippen LogP) is 9.26. The summed E-state index contributed by atoms with van der Waals surface area (Å²) in [6, 6.07) is 27.7. The Balaban J connectivity index is 1.58. The second kappa shape index (κ2) is 8.89. The van der Waals surface area contributed by atoms with E-state index in [2.05, 4.69) is 112 Å². The quantitative estimate of drug-likeness (QED) is 0.228. The standard InChI is InChI=1S/2C15H13.C2H6Si.Zr/c2*1-2-11-9-13-8-7-12-5-3-4-6-14(12)15(13)10-11;1-3-2;/h2*3-10H,2H2,1H3;1-2H3;. The SMILES string of the molecule is CCC1=Cc2c(ccc3ccccc23)[CH]1[Zr]([CH]1C(CC)=Cc2c1ccc1ccccc21)=[Si](C)C. The van der Waals surface area contributed by atoms with E-state index in [9.17, 15) is 0 Å². The first-order valence-electron chi connectivity index (χ1n) is 12.7. The van der Waals surface area contributed by atoms with Crippen molar-refractivity contribution in [3.63, 3.8) is 0 Å². The number of hydrogen-bond acceptors (Lipinski definition) is 0. The normalized spacial score (nSPS) is 18.6.